The van der Waals surface area contributed by atoms with Crippen LogP contribution in [0.25, 0.3) is 0 Å². The van der Waals surface area contributed by atoms with Gasteiger partial charge in [0.1, 0.15) is 5.60 Å². The molecule has 0 unspecified atom stereocenters. The highest BCUT2D eigenvalue weighted by Gasteiger charge is 2.31. The number of rotatable bonds is 11. The second kappa shape index (κ2) is 9.60. The first-order chi connectivity index (χ1) is 10.6. The maximum atomic E-state index is 10.0. The van der Waals surface area contributed by atoms with Crippen molar-refractivity contribution in [3.63, 3.8) is 0 Å². The molecule has 0 saturated carbocycles. The monoisotopic (exact) mass is 308 g/mol. The Hall–Kier alpha value is -1.38. The number of hydrogen-bond acceptors (Lipinski definition) is 3. The van der Waals surface area contributed by atoms with Crippen molar-refractivity contribution in [2.24, 2.45) is 0 Å². The summed E-state index contributed by atoms with van der Waals surface area (Å²) in [7, 11) is 0. The lowest BCUT2D eigenvalue weighted by atomic mass is 9.86. The summed E-state index contributed by atoms with van der Waals surface area (Å²) in [5.41, 5.74) is -0.234. The van der Waals surface area contributed by atoms with Crippen LogP contribution in [0.2, 0.25) is 0 Å². The van der Waals surface area contributed by atoms with Crippen LogP contribution in [0.3, 0.4) is 0 Å². The third-order valence-electron chi connectivity index (χ3n) is 4.20. The SMILES string of the molecule is CCCCCCC(CCC)(CCC)Oc1cccc(O)c1O. The highest BCUT2D eigenvalue weighted by atomic mass is 16.5. The van der Waals surface area contributed by atoms with E-state index >= 15 is 0 Å². The van der Waals surface area contributed by atoms with Gasteiger partial charge in [0.15, 0.2) is 11.5 Å². The molecule has 0 bridgehead atoms. The fraction of sp³-hybridized carbons (Fsp3) is 0.684. The van der Waals surface area contributed by atoms with Crippen LogP contribution in [0.4, 0.5) is 0 Å². The van der Waals surface area contributed by atoms with E-state index in [-0.39, 0.29) is 17.1 Å². The predicted octanol–water partition coefficient (Wildman–Crippen LogP) is 5.79. The summed E-state index contributed by atoms with van der Waals surface area (Å²) >= 11 is 0. The summed E-state index contributed by atoms with van der Waals surface area (Å²) in [6, 6.07) is 4.93. The standard InChI is InChI=1S/C19H32O3/c1-4-7-8-9-15-19(13-5-2,14-6-3)22-17-12-10-11-16(20)18(17)21/h10-12,20-21H,4-9,13-15H2,1-3H3. The first kappa shape index (κ1) is 18.7. The number of para-hydroxylation sites is 1. The third kappa shape index (κ3) is 5.43. The number of phenolic OH excluding ortho intramolecular Hbond substituents is 2. The Balaban J connectivity index is 2.89. The molecule has 0 atom stereocenters. The molecule has 0 aromatic heterocycles. The molecule has 0 aliphatic carbocycles. The van der Waals surface area contributed by atoms with Crippen LogP contribution in [-0.4, -0.2) is 15.8 Å². The van der Waals surface area contributed by atoms with Gasteiger partial charge < -0.3 is 14.9 Å². The average Bonchev–Trinajstić information content (AvgIpc) is 2.49. The first-order valence-electron chi connectivity index (χ1n) is 8.78. The van der Waals surface area contributed by atoms with E-state index in [1.54, 1.807) is 12.1 Å². The molecular formula is C19H32O3. The van der Waals surface area contributed by atoms with Gasteiger partial charge in [-0.3, -0.25) is 0 Å². The van der Waals surface area contributed by atoms with Crippen LogP contribution < -0.4 is 4.74 Å². The Morgan fingerprint density at radius 3 is 2.14 bits per heavy atom. The van der Waals surface area contributed by atoms with Gasteiger partial charge in [0.2, 0.25) is 5.75 Å². The summed E-state index contributed by atoms with van der Waals surface area (Å²) in [6.45, 7) is 6.55. The molecule has 1 aromatic rings. The summed E-state index contributed by atoms with van der Waals surface area (Å²) in [6.07, 6.45) is 9.90. The normalized spacial score (nSPS) is 11.6. The van der Waals surface area contributed by atoms with E-state index in [9.17, 15) is 10.2 Å². The molecular weight excluding hydrogens is 276 g/mol. The van der Waals surface area contributed by atoms with Crippen LogP contribution in [0.5, 0.6) is 17.2 Å². The van der Waals surface area contributed by atoms with Crippen molar-refractivity contribution in [1.82, 2.24) is 0 Å². The topological polar surface area (TPSA) is 49.7 Å². The van der Waals surface area contributed by atoms with Crippen LogP contribution >= 0.6 is 0 Å². The summed E-state index contributed by atoms with van der Waals surface area (Å²) in [5.74, 6) is 0.135. The maximum Gasteiger partial charge on any atom is 0.200 e. The fourth-order valence-electron chi connectivity index (χ4n) is 3.14. The lowest BCUT2D eigenvalue weighted by Crippen LogP contribution is -2.36. The summed E-state index contributed by atoms with van der Waals surface area (Å²) in [4.78, 5) is 0. The van der Waals surface area contributed by atoms with Gasteiger partial charge in [0.05, 0.1) is 0 Å². The van der Waals surface area contributed by atoms with E-state index in [4.69, 9.17) is 4.74 Å². The van der Waals surface area contributed by atoms with Gasteiger partial charge in [0.25, 0.3) is 0 Å². The molecule has 0 radical (unpaired) electrons. The lowest BCUT2D eigenvalue weighted by Gasteiger charge is -2.35. The van der Waals surface area contributed by atoms with E-state index in [0.717, 1.165) is 38.5 Å². The number of aromatic hydroxyl groups is 2. The van der Waals surface area contributed by atoms with E-state index in [1.807, 2.05) is 0 Å². The van der Waals surface area contributed by atoms with Crippen LogP contribution in [0.1, 0.15) is 78.6 Å². The van der Waals surface area contributed by atoms with Crippen molar-refractivity contribution in [3.05, 3.63) is 18.2 Å². The smallest absolute Gasteiger partial charge is 0.200 e. The molecule has 0 aliphatic rings. The minimum absolute atomic E-state index is 0.120. The molecule has 0 fully saturated rings. The molecule has 0 saturated heterocycles. The molecule has 1 rings (SSSR count). The molecule has 0 heterocycles. The van der Waals surface area contributed by atoms with Gasteiger partial charge in [-0.15, -0.1) is 0 Å². The third-order valence-corrected chi connectivity index (χ3v) is 4.20. The molecule has 0 amide bonds. The number of benzene rings is 1. The van der Waals surface area contributed by atoms with Crippen molar-refractivity contribution in [2.75, 3.05) is 0 Å². The number of ether oxygens (including phenoxy) is 1. The van der Waals surface area contributed by atoms with Crippen LogP contribution in [-0.2, 0) is 0 Å². The Morgan fingerprint density at radius 1 is 0.864 bits per heavy atom. The second-order valence-electron chi connectivity index (χ2n) is 6.22. The van der Waals surface area contributed by atoms with E-state index in [0.29, 0.717) is 5.75 Å². The van der Waals surface area contributed by atoms with Gasteiger partial charge in [-0.1, -0.05) is 58.9 Å². The number of phenols is 2. The predicted molar refractivity (Wildman–Crippen MR) is 91.7 cm³/mol. The Labute approximate surface area is 135 Å². The van der Waals surface area contributed by atoms with Crippen molar-refractivity contribution >= 4 is 0 Å². The summed E-state index contributed by atoms with van der Waals surface area (Å²) in [5, 5.41) is 19.7. The molecule has 126 valence electrons. The van der Waals surface area contributed by atoms with Crippen LogP contribution in [0.15, 0.2) is 18.2 Å². The van der Waals surface area contributed by atoms with Gasteiger partial charge in [-0.2, -0.15) is 0 Å². The highest BCUT2D eigenvalue weighted by Crippen LogP contribution is 2.40. The second-order valence-corrected chi connectivity index (χ2v) is 6.22. The number of hydrogen-bond donors (Lipinski definition) is 2. The van der Waals surface area contributed by atoms with E-state index in [1.165, 1.54) is 25.3 Å². The fourth-order valence-corrected chi connectivity index (χ4v) is 3.14. The van der Waals surface area contributed by atoms with Gasteiger partial charge in [-0.25, -0.2) is 0 Å². The molecule has 2 N–H and O–H groups in total. The molecule has 0 spiro atoms. The molecule has 0 aliphatic heterocycles. The molecule has 3 nitrogen and oxygen atoms in total. The maximum absolute atomic E-state index is 10.0. The Kier molecular flexibility index (Phi) is 8.15. The van der Waals surface area contributed by atoms with Crippen molar-refractivity contribution in [3.8, 4) is 17.2 Å². The minimum Gasteiger partial charge on any atom is -0.504 e. The highest BCUT2D eigenvalue weighted by molar-refractivity contribution is 5.49. The summed E-state index contributed by atoms with van der Waals surface area (Å²) < 4.78 is 6.26. The molecule has 1 aromatic carbocycles. The zero-order valence-corrected chi connectivity index (χ0v) is 14.4. The van der Waals surface area contributed by atoms with Crippen molar-refractivity contribution in [1.29, 1.82) is 0 Å². The average molecular weight is 308 g/mol. The molecule has 22 heavy (non-hydrogen) atoms. The zero-order chi connectivity index (χ0) is 16.4. The van der Waals surface area contributed by atoms with Crippen molar-refractivity contribution < 1.29 is 14.9 Å². The quantitative estimate of drug-likeness (QED) is 0.402. The lowest BCUT2D eigenvalue weighted by molar-refractivity contribution is 0.0342. The molecule has 3 heteroatoms. The Morgan fingerprint density at radius 2 is 1.55 bits per heavy atom. The first-order valence-corrected chi connectivity index (χ1v) is 8.78. The van der Waals surface area contributed by atoms with Gasteiger partial charge >= 0.3 is 0 Å². The van der Waals surface area contributed by atoms with E-state index in [2.05, 4.69) is 20.8 Å². The van der Waals surface area contributed by atoms with Crippen LogP contribution in [0, 0.1) is 0 Å². The zero-order valence-electron chi connectivity index (χ0n) is 14.4. The van der Waals surface area contributed by atoms with Gasteiger partial charge in [-0.05, 0) is 37.8 Å². The minimum atomic E-state index is -0.234. The number of unbranched alkanes of at least 4 members (excludes halogenated alkanes) is 3. The van der Waals surface area contributed by atoms with E-state index < -0.39 is 0 Å². The van der Waals surface area contributed by atoms with Gasteiger partial charge in [0, 0.05) is 0 Å². The van der Waals surface area contributed by atoms with Crippen molar-refractivity contribution in [2.45, 2.75) is 84.2 Å². The Bertz CT molecular complexity index is 423. The largest absolute Gasteiger partial charge is 0.504 e.